The lowest BCUT2D eigenvalue weighted by Crippen LogP contribution is -2.42. The molecule has 3 aromatic carbocycles. The van der Waals surface area contributed by atoms with Gasteiger partial charge in [0, 0.05) is 26.1 Å². The molecule has 10 heteroatoms. The van der Waals surface area contributed by atoms with E-state index >= 15 is 0 Å². The standard InChI is InChI=1S/C32H24Cl2N2O4S2/c33-17-5-1-15(2-6-17)14-40-20-11-3-16(4-12-20)23-24-21-13-22(27(24)41-29-28(23)42-32(39)35-29)26-25(21)30(37)36(31(26)38)19-9-7-18(34)8-10-19/h1-12,21-27H,13-14H2,(H,35,39)/t21-,22-,23+,24+,25+,26+,27-/m1/s1. The first kappa shape index (κ1) is 26.6. The summed E-state index contributed by atoms with van der Waals surface area (Å²) < 4.78 is 6.03. The molecule has 4 aromatic rings. The number of benzene rings is 3. The van der Waals surface area contributed by atoms with Gasteiger partial charge in [-0.15, -0.1) is 11.8 Å². The molecule has 2 amide bonds. The SMILES string of the molecule is O=C1[C@H]2[C@H]3C[C@@H]([C@@H]2C(=O)N1c1ccc(Cl)cc1)[C@H]1[C@H](c2ccc(OCc4ccc(Cl)cc4)cc2)c2sc(=O)[nH]c2S[C@H]31. The van der Waals surface area contributed by atoms with Crippen LogP contribution in [0, 0.1) is 29.6 Å². The normalized spacial score (nSPS) is 29.0. The Morgan fingerprint density at radius 3 is 2.17 bits per heavy atom. The smallest absolute Gasteiger partial charge is 0.305 e. The largest absolute Gasteiger partial charge is 0.489 e. The Kier molecular flexibility index (Phi) is 6.34. The second kappa shape index (κ2) is 10.0. The van der Waals surface area contributed by atoms with Crippen LogP contribution in [0.5, 0.6) is 5.75 Å². The predicted octanol–water partition coefficient (Wildman–Crippen LogP) is 7.00. The van der Waals surface area contributed by atoms with Gasteiger partial charge in [-0.1, -0.05) is 58.8 Å². The lowest BCUT2D eigenvalue weighted by atomic mass is 9.68. The number of hydrogen-bond donors (Lipinski definition) is 1. The van der Waals surface area contributed by atoms with Gasteiger partial charge in [0.05, 0.1) is 22.5 Å². The molecule has 1 saturated heterocycles. The van der Waals surface area contributed by atoms with E-state index in [1.807, 2.05) is 36.4 Å². The number of aromatic amines is 1. The van der Waals surface area contributed by atoms with Gasteiger partial charge in [-0.25, -0.2) is 0 Å². The Balaban J connectivity index is 1.11. The molecule has 2 saturated carbocycles. The highest BCUT2D eigenvalue weighted by Gasteiger charge is 2.69. The molecule has 2 bridgehead atoms. The fraction of sp³-hybridized carbons (Fsp3) is 0.281. The van der Waals surface area contributed by atoms with Crippen LogP contribution in [0.15, 0.2) is 82.6 Å². The lowest BCUT2D eigenvalue weighted by Gasteiger charge is -2.43. The van der Waals surface area contributed by atoms with Gasteiger partial charge >= 0.3 is 4.87 Å². The van der Waals surface area contributed by atoms with E-state index in [2.05, 4.69) is 17.1 Å². The Morgan fingerprint density at radius 1 is 0.833 bits per heavy atom. The van der Waals surface area contributed by atoms with E-state index in [9.17, 15) is 14.4 Å². The third-order valence-corrected chi connectivity index (χ3v) is 12.5. The predicted molar refractivity (Wildman–Crippen MR) is 165 cm³/mol. The van der Waals surface area contributed by atoms with Crippen LogP contribution in [0.1, 0.15) is 28.3 Å². The van der Waals surface area contributed by atoms with E-state index in [-0.39, 0.29) is 57.4 Å². The third kappa shape index (κ3) is 4.10. The second-order valence-corrected chi connectivity index (χ2v) is 14.5. The number of fused-ring (bicyclic) bond motifs is 9. The molecule has 2 aliphatic carbocycles. The van der Waals surface area contributed by atoms with Crippen LogP contribution in [0.2, 0.25) is 10.0 Å². The van der Waals surface area contributed by atoms with E-state index in [1.54, 1.807) is 36.0 Å². The molecule has 8 rings (SSSR count). The van der Waals surface area contributed by atoms with Crippen molar-refractivity contribution in [3.63, 3.8) is 0 Å². The summed E-state index contributed by atoms with van der Waals surface area (Å²) in [6.07, 6.45) is 0.849. The van der Waals surface area contributed by atoms with Crippen molar-refractivity contribution in [3.05, 3.63) is 109 Å². The second-order valence-electron chi connectivity index (χ2n) is 11.4. The van der Waals surface area contributed by atoms with Crippen molar-refractivity contribution >= 4 is 63.8 Å². The highest BCUT2D eigenvalue weighted by molar-refractivity contribution is 8.00. The summed E-state index contributed by atoms with van der Waals surface area (Å²) in [6, 6.07) is 22.6. The molecule has 3 heterocycles. The molecule has 0 radical (unpaired) electrons. The van der Waals surface area contributed by atoms with E-state index < -0.39 is 0 Å². The Morgan fingerprint density at radius 2 is 1.48 bits per heavy atom. The molecule has 0 unspecified atom stereocenters. The first-order chi connectivity index (χ1) is 20.4. The maximum Gasteiger partial charge on any atom is 0.305 e. The van der Waals surface area contributed by atoms with Crippen molar-refractivity contribution in [2.45, 2.75) is 29.2 Å². The zero-order chi connectivity index (χ0) is 28.7. The van der Waals surface area contributed by atoms with Crippen LogP contribution in [0.4, 0.5) is 5.69 Å². The molecule has 212 valence electrons. The number of anilines is 1. The zero-order valence-electron chi connectivity index (χ0n) is 22.0. The fourth-order valence-corrected chi connectivity index (χ4v) is 10.9. The quantitative estimate of drug-likeness (QED) is 0.239. The molecule has 0 spiro atoms. The number of nitrogens with zero attached hydrogens (tertiary/aromatic N) is 1. The molecule has 7 atom stereocenters. The summed E-state index contributed by atoms with van der Waals surface area (Å²) in [5.41, 5.74) is 2.70. The Hall–Kier alpha value is -3.04. The molecule has 4 aliphatic rings. The van der Waals surface area contributed by atoms with Gasteiger partial charge in [0.15, 0.2) is 0 Å². The number of hydrogen-bond acceptors (Lipinski definition) is 6. The maximum absolute atomic E-state index is 13.9. The summed E-state index contributed by atoms with van der Waals surface area (Å²) in [7, 11) is 0. The Labute approximate surface area is 260 Å². The molecule has 6 nitrogen and oxygen atoms in total. The van der Waals surface area contributed by atoms with Gasteiger partial charge in [-0.05, 0) is 83.8 Å². The van der Waals surface area contributed by atoms with E-state index in [0.717, 1.165) is 33.2 Å². The van der Waals surface area contributed by atoms with Crippen LogP contribution >= 0.6 is 46.3 Å². The summed E-state index contributed by atoms with van der Waals surface area (Å²) in [5.74, 6) is 0.0910. The number of thiazole rings is 1. The van der Waals surface area contributed by atoms with Crippen LogP contribution in [-0.4, -0.2) is 22.0 Å². The van der Waals surface area contributed by atoms with Crippen LogP contribution in [0.3, 0.4) is 0 Å². The molecule has 1 N–H and O–H groups in total. The molecular formula is C32H24Cl2N2O4S2. The van der Waals surface area contributed by atoms with Gasteiger partial charge in [-0.3, -0.25) is 19.3 Å². The van der Waals surface area contributed by atoms with E-state index in [1.165, 1.54) is 16.2 Å². The van der Waals surface area contributed by atoms with Gasteiger partial charge < -0.3 is 9.72 Å². The molecule has 3 fully saturated rings. The number of aromatic nitrogens is 1. The third-order valence-electron chi connectivity index (χ3n) is 9.37. The number of rotatable bonds is 5. The van der Waals surface area contributed by atoms with Gasteiger partial charge in [-0.2, -0.15) is 0 Å². The molecular weight excluding hydrogens is 611 g/mol. The monoisotopic (exact) mass is 634 g/mol. The summed E-state index contributed by atoms with van der Waals surface area (Å²) in [4.78, 5) is 45.6. The highest BCUT2D eigenvalue weighted by atomic mass is 35.5. The molecule has 1 aromatic heterocycles. The minimum absolute atomic E-state index is 0.0380. The molecule has 2 aliphatic heterocycles. The highest BCUT2D eigenvalue weighted by Crippen LogP contribution is 2.68. The summed E-state index contributed by atoms with van der Waals surface area (Å²) >= 11 is 15.0. The number of amides is 2. The van der Waals surface area contributed by atoms with Gasteiger partial charge in [0.2, 0.25) is 11.8 Å². The van der Waals surface area contributed by atoms with Crippen molar-refractivity contribution in [3.8, 4) is 5.75 Å². The molecule has 42 heavy (non-hydrogen) atoms. The van der Waals surface area contributed by atoms with Gasteiger partial charge in [0.1, 0.15) is 12.4 Å². The van der Waals surface area contributed by atoms with Crippen LogP contribution in [0.25, 0.3) is 0 Å². The number of carbonyl (C=O) groups excluding carboxylic acids is 2. The first-order valence-corrected chi connectivity index (χ1v) is 16.3. The van der Waals surface area contributed by atoms with Crippen LogP contribution < -0.4 is 14.5 Å². The van der Waals surface area contributed by atoms with Crippen molar-refractivity contribution in [1.29, 1.82) is 0 Å². The minimum atomic E-state index is -0.346. The van der Waals surface area contributed by atoms with Crippen molar-refractivity contribution < 1.29 is 14.3 Å². The van der Waals surface area contributed by atoms with Crippen molar-refractivity contribution in [2.24, 2.45) is 29.6 Å². The lowest BCUT2D eigenvalue weighted by molar-refractivity contribution is -0.123. The Bertz CT molecular complexity index is 1770. The summed E-state index contributed by atoms with van der Waals surface area (Å²) in [5, 5.41) is 2.29. The average molecular weight is 636 g/mol. The number of ether oxygens (including phenoxy) is 1. The number of carbonyl (C=O) groups is 2. The average Bonchev–Trinajstić information content (AvgIpc) is 3.72. The van der Waals surface area contributed by atoms with E-state index in [4.69, 9.17) is 27.9 Å². The van der Waals surface area contributed by atoms with Crippen molar-refractivity contribution in [2.75, 3.05) is 4.90 Å². The number of nitrogens with one attached hydrogen (secondary N) is 1. The topological polar surface area (TPSA) is 79.5 Å². The zero-order valence-corrected chi connectivity index (χ0v) is 25.2. The number of thioether (sulfide) groups is 1. The minimum Gasteiger partial charge on any atom is -0.489 e. The first-order valence-electron chi connectivity index (χ1n) is 13.9. The number of halogens is 2. The summed E-state index contributed by atoms with van der Waals surface area (Å²) in [6.45, 7) is 0.429. The fourth-order valence-electron chi connectivity index (χ4n) is 7.75. The van der Waals surface area contributed by atoms with Gasteiger partial charge in [0.25, 0.3) is 0 Å². The van der Waals surface area contributed by atoms with Crippen LogP contribution in [-0.2, 0) is 16.2 Å². The number of imide groups is 1. The maximum atomic E-state index is 13.9. The van der Waals surface area contributed by atoms with Crippen molar-refractivity contribution in [1.82, 2.24) is 4.98 Å². The van der Waals surface area contributed by atoms with E-state index in [0.29, 0.717) is 22.3 Å². The number of H-pyrrole nitrogens is 1.